The van der Waals surface area contributed by atoms with Crippen LogP contribution in [0.4, 0.5) is 5.69 Å². The summed E-state index contributed by atoms with van der Waals surface area (Å²) < 4.78 is 0. The van der Waals surface area contributed by atoms with Gasteiger partial charge in [-0.15, -0.1) is 0 Å². The molecule has 0 saturated carbocycles. The van der Waals surface area contributed by atoms with Crippen LogP contribution in [-0.2, 0) is 0 Å². The largest absolute Gasteiger partial charge is 0.368 e. The Balaban J connectivity index is 2.00. The molecule has 1 unspecified atom stereocenters. The molecule has 2 rings (SSSR count). The van der Waals surface area contributed by atoms with Gasteiger partial charge in [-0.2, -0.15) is 0 Å². The summed E-state index contributed by atoms with van der Waals surface area (Å²) in [5, 5.41) is 0.817. The average Bonchev–Trinajstić information content (AvgIpc) is 2.39. The van der Waals surface area contributed by atoms with Gasteiger partial charge in [-0.3, -0.25) is 4.90 Å². The van der Waals surface area contributed by atoms with Crippen LogP contribution in [0.3, 0.4) is 0 Å². The summed E-state index contributed by atoms with van der Waals surface area (Å²) in [5.74, 6) is 0.732. The zero-order chi connectivity index (χ0) is 14.7. The van der Waals surface area contributed by atoms with E-state index in [0.29, 0.717) is 0 Å². The molecule has 1 aliphatic rings. The van der Waals surface area contributed by atoms with Crippen LogP contribution in [0, 0.1) is 5.92 Å². The zero-order valence-corrected chi connectivity index (χ0v) is 13.5. The van der Waals surface area contributed by atoms with E-state index in [0.717, 1.165) is 48.4 Å². The van der Waals surface area contributed by atoms with Gasteiger partial charge < -0.3 is 10.6 Å². The van der Waals surface area contributed by atoms with Gasteiger partial charge in [0.15, 0.2) is 0 Å². The summed E-state index contributed by atoms with van der Waals surface area (Å²) in [6.45, 7) is 12.0. The number of nitrogens with zero attached hydrogens (tertiary/aromatic N) is 2. The van der Waals surface area contributed by atoms with E-state index in [2.05, 4.69) is 35.8 Å². The normalized spacial score (nSPS) is 18.6. The maximum Gasteiger partial charge on any atom is 0.0642 e. The molecule has 1 fully saturated rings. The molecule has 1 aromatic carbocycles. The van der Waals surface area contributed by atoms with Gasteiger partial charge in [-0.05, 0) is 30.5 Å². The van der Waals surface area contributed by atoms with Gasteiger partial charge in [0.25, 0.3) is 0 Å². The number of benzene rings is 1. The number of piperazine rings is 1. The van der Waals surface area contributed by atoms with E-state index in [1.807, 2.05) is 13.0 Å². The van der Waals surface area contributed by atoms with Crippen molar-refractivity contribution in [2.24, 2.45) is 11.7 Å². The minimum atomic E-state index is 0.0319. The molecule has 1 aromatic rings. The van der Waals surface area contributed by atoms with E-state index in [4.69, 9.17) is 17.3 Å². The Bertz CT molecular complexity index is 437. The lowest BCUT2D eigenvalue weighted by molar-refractivity contribution is 0.231. The minimum Gasteiger partial charge on any atom is -0.368 e. The molecule has 1 aliphatic heterocycles. The molecule has 112 valence electrons. The fraction of sp³-hybridized carbons (Fsp3) is 0.625. The predicted molar refractivity (Wildman–Crippen MR) is 87.5 cm³/mol. The first-order valence-electron chi connectivity index (χ1n) is 7.49. The fourth-order valence-electron chi connectivity index (χ4n) is 2.75. The maximum atomic E-state index is 6.42. The van der Waals surface area contributed by atoms with E-state index < -0.39 is 0 Å². The highest BCUT2D eigenvalue weighted by molar-refractivity contribution is 6.33. The van der Waals surface area contributed by atoms with Crippen molar-refractivity contribution in [2.45, 2.75) is 26.8 Å². The van der Waals surface area contributed by atoms with Gasteiger partial charge in [0.05, 0.1) is 10.7 Å². The van der Waals surface area contributed by atoms with Crippen molar-refractivity contribution in [3.63, 3.8) is 0 Å². The molecule has 0 bridgehead atoms. The number of halogens is 1. The Hall–Kier alpha value is -0.770. The quantitative estimate of drug-likeness (QED) is 0.926. The van der Waals surface area contributed by atoms with Crippen molar-refractivity contribution < 1.29 is 0 Å². The molecule has 0 aliphatic carbocycles. The van der Waals surface area contributed by atoms with Crippen LogP contribution < -0.4 is 10.6 Å². The van der Waals surface area contributed by atoms with Gasteiger partial charge in [-0.25, -0.2) is 0 Å². The standard InChI is InChI=1S/C16H26ClN3/c1-12(2)11-19-6-8-20(9-7-19)16-5-4-14(13(3)18)10-15(16)17/h4-5,10,12-13H,6-9,11,18H2,1-3H3. The molecule has 1 heterocycles. The van der Waals surface area contributed by atoms with Crippen molar-refractivity contribution in [1.82, 2.24) is 4.90 Å². The van der Waals surface area contributed by atoms with Crippen LogP contribution in [0.25, 0.3) is 0 Å². The number of anilines is 1. The third-order valence-electron chi connectivity index (χ3n) is 3.83. The van der Waals surface area contributed by atoms with E-state index in [1.165, 1.54) is 6.54 Å². The number of nitrogens with two attached hydrogens (primary N) is 1. The molecule has 0 aromatic heterocycles. The molecule has 0 radical (unpaired) electrons. The summed E-state index contributed by atoms with van der Waals surface area (Å²) in [4.78, 5) is 4.91. The second kappa shape index (κ2) is 6.79. The summed E-state index contributed by atoms with van der Waals surface area (Å²) in [6, 6.07) is 6.23. The summed E-state index contributed by atoms with van der Waals surface area (Å²) in [7, 11) is 0. The highest BCUT2D eigenvalue weighted by atomic mass is 35.5. The molecule has 4 heteroatoms. The van der Waals surface area contributed by atoms with Crippen molar-refractivity contribution in [2.75, 3.05) is 37.6 Å². The van der Waals surface area contributed by atoms with Crippen molar-refractivity contribution in [3.8, 4) is 0 Å². The van der Waals surface area contributed by atoms with Gasteiger partial charge in [0.1, 0.15) is 0 Å². The first kappa shape index (κ1) is 15.6. The average molecular weight is 296 g/mol. The van der Waals surface area contributed by atoms with Crippen LogP contribution in [0.15, 0.2) is 18.2 Å². The van der Waals surface area contributed by atoms with E-state index in [-0.39, 0.29) is 6.04 Å². The first-order chi connectivity index (χ1) is 9.47. The smallest absolute Gasteiger partial charge is 0.0642 e. The Morgan fingerprint density at radius 2 is 1.80 bits per heavy atom. The molecule has 3 nitrogen and oxygen atoms in total. The molecule has 1 atom stereocenters. The molecule has 20 heavy (non-hydrogen) atoms. The molecule has 0 spiro atoms. The molecule has 0 amide bonds. The summed E-state index contributed by atoms with van der Waals surface area (Å²) in [6.07, 6.45) is 0. The Morgan fingerprint density at radius 3 is 2.30 bits per heavy atom. The van der Waals surface area contributed by atoms with Gasteiger partial charge in [0.2, 0.25) is 0 Å². The topological polar surface area (TPSA) is 32.5 Å². The SMILES string of the molecule is CC(C)CN1CCN(c2ccc(C(C)N)cc2Cl)CC1. The lowest BCUT2D eigenvalue weighted by Gasteiger charge is -2.37. The van der Waals surface area contributed by atoms with Crippen LogP contribution in [0.1, 0.15) is 32.4 Å². The van der Waals surface area contributed by atoms with Crippen molar-refractivity contribution >= 4 is 17.3 Å². The van der Waals surface area contributed by atoms with Crippen LogP contribution in [-0.4, -0.2) is 37.6 Å². The number of hydrogen-bond acceptors (Lipinski definition) is 3. The third kappa shape index (κ3) is 3.87. The van der Waals surface area contributed by atoms with Crippen LogP contribution in [0.2, 0.25) is 5.02 Å². The lowest BCUT2D eigenvalue weighted by Crippen LogP contribution is -2.47. The molecule has 1 saturated heterocycles. The lowest BCUT2D eigenvalue weighted by atomic mass is 10.1. The number of hydrogen-bond donors (Lipinski definition) is 1. The second-order valence-electron chi connectivity index (χ2n) is 6.18. The van der Waals surface area contributed by atoms with Crippen molar-refractivity contribution in [1.29, 1.82) is 0 Å². The van der Waals surface area contributed by atoms with Crippen LogP contribution in [0.5, 0.6) is 0 Å². The highest BCUT2D eigenvalue weighted by Crippen LogP contribution is 2.29. The van der Waals surface area contributed by atoms with Gasteiger partial charge >= 0.3 is 0 Å². The number of rotatable bonds is 4. The Morgan fingerprint density at radius 1 is 1.15 bits per heavy atom. The van der Waals surface area contributed by atoms with Crippen LogP contribution >= 0.6 is 11.6 Å². The fourth-order valence-corrected chi connectivity index (χ4v) is 3.06. The molecule has 2 N–H and O–H groups in total. The second-order valence-corrected chi connectivity index (χ2v) is 6.59. The van der Waals surface area contributed by atoms with Crippen molar-refractivity contribution in [3.05, 3.63) is 28.8 Å². The predicted octanol–water partition coefficient (Wildman–Crippen LogP) is 3.14. The molecular weight excluding hydrogens is 270 g/mol. The van der Waals surface area contributed by atoms with E-state index in [9.17, 15) is 0 Å². The summed E-state index contributed by atoms with van der Waals surface area (Å²) in [5.41, 5.74) is 8.13. The maximum absolute atomic E-state index is 6.42. The highest BCUT2D eigenvalue weighted by Gasteiger charge is 2.19. The Kier molecular flexibility index (Phi) is 5.30. The first-order valence-corrected chi connectivity index (χ1v) is 7.87. The third-order valence-corrected chi connectivity index (χ3v) is 4.14. The van der Waals surface area contributed by atoms with E-state index >= 15 is 0 Å². The van der Waals surface area contributed by atoms with Gasteiger partial charge in [0, 0.05) is 38.8 Å². The minimum absolute atomic E-state index is 0.0319. The zero-order valence-electron chi connectivity index (χ0n) is 12.8. The monoisotopic (exact) mass is 295 g/mol. The summed E-state index contributed by atoms with van der Waals surface area (Å²) >= 11 is 6.42. The Labute approximate surface area is 127 Å². The van der Waals surface area contributed by atoms with E-state index in [1.54, 1.807) is 0 Å². The van der Waals surface area contributed by atoms with Gasteiger partial charge in [-0.1, -0.05) is 31.5 Å². The molecular formula is C16H26ClN3.